The zero-order valence-corrected chi connectivity index (χ0v) is 20.2. The molecule has 32 heavy (non-hydrogen) atoms. The van der Waals surface area contributed by atoms with Crippen molar-refractivity contribution in [1.82, 2.24) is 4.68 Å². The minimum atomic E-state index is -0.152. The molecule has 5 nitrogen and oxygen atoms in total. The highest BCUT2D eigenvalue weighted by Gasteiger charge is 2.34. The molecule has 0 unspecified atom stereocenters. The number of benzene rings is 2. The van der Waals surface area contributed by atoms with Gasteiger partial charge in [0.2, 0.25) is 0 Å². The minimum absolute atomic E-state index is 0.152. The molecule has 0 bridgehead atoms. The summed E-state index contributed by atoms with van der Waals surface area (Å²) in [4.78, 5) is 13.6. The summed E-state index contributed by atoms with van der Waals surface area (Å²) >= 11 is 13.0. The first-order valence-electron chi connectivity index (χ1n) is 9.86. The van der Waals surface area contributed by atoms with Crippen LogP contribution in [0.25, 0.3) is 6.08 Å². The lowest BCUT2D eigenvalue weighted by Crippen LogP contribution is -2.39. The Kier molecular flexibility index (Phi) is 6.60. The van der Waals surface area contributed by atoms with Crippen LogP contribution in [0.3, 0.4) is 0 Å². The Hall–Kier alpha value is -2.74. The Labute approximate surface area is 201 Å². The maximum absolute atomic E-state index is 13.1. The third-order valence-electron chi connectivity index (χ3n) is 5.03. The largest absolute Gasteiger partial charge is 0.493 e. The number of amides is 1. The average molecular weight is 485 g/mol. The van der Waals surface area contributed by atoms with Gasteiger partial charge in [0.25, 0.3) is 5.91 Å². The van der Waals surface area contributed by atoms with Crippen LogP contribution in [0.1, 0.15) is 22.5 Å². The summed E-state index contributed by atoms with van der Waals surface area (Å²) in [6.45, 7) is 4.21. The number of hydrogen-bond acceptors (Lipinski definition) is 5. The molecular formula is C24H21ClN2O3S2. The minimum Gasteiger partial charge on any atom is -0.493 e. The van der Waals surface area contributed by atoms with Crippen LogP contribution in [-0.4, -0.2) is 22.0 Å². The molecule has 164 valence electrons. The highest BCUT2D eigenvalue weighted by Crippen LogP contribution is 2.35. The molecule has 0 aliphatic carbocycles. The summed E-state index contributed by atoms with van der Waals surface area (Å²) in [5.74, 6) is 1.01. The molecule has 1 aliphatic heterocycles. The monoisotopic (exact) mass is 484 g/mol. The van der Waals surface area contributed by atoms with Crippen molar-refractivity contribution in [3.8, 4) is 11.5 Å². The second-order valence-corrected chi connectivity index (χ2v) is 9.29. The number of halogens is 1. The fourth-order valence-corrected chi connectivity index (χ4v) is 4.86. The quantitative estimate of drug-likeness (QED) is 0.322. The lowest BCUT2D eigenvalue weighted by Gasteiger charge is -2.20. The number of carbonyl (C=O) groups is 1. The van der Waals surface area contributed by atoms with Gasteiger partial charge in [0, 0.05) is 22.0 Å². The van der Waals surface area contributed by atoms with Crippen molar-refractivity contribution in [2.75, 3.05) is 12.1 Å². The number of thioether (sulfide) groups is 1. The third kappa shape index (κ3) is 4.41. The molecule has 1 aliphatic rings. The maximum Gasteiger partial charge on any atom is 0.285 e. The molecule has 1 saturated heterocycles. The fraction of sp³-hybridized carbons (Fsp3) is 0.167. The predicted octanol–water partition coefficient (Wildman–Crippen LogP) is 5.88. The highest BCUT2D eigenvalue weighted by atomic mass is 35.5. The number of hydrogen-bond donors (Lipinski definition) is 0. The summed E-state index contributed by atoms with van der Waals surface area (Å²) < 4.78 is 13.8. The van der Waals surface area contributed by atoms with Gasteiger partial charge < -0.3 is 9.47 Å². The van der Waals surface area contributed by atoms with E-state index in [4.69, 9.17) is 33.3 Å². The van der Waals surface area contributed by atoms with Crippen LogP contribution < -0.4 is 14.5 Å². The molecule has 1 amide bonds. The molecule has 8 heteroatoms. The van der Waals surface area contributed by atoms with E-state index in [-0.39, 0.29) is 5.91 Å². The van der Waals surface area contributed by atoms with Crippen LogP contribution in [0.5, 0.6) is 11.5 Å². The standard InChI is InChI=1S/C24H21ClN2O3S2/c1-15-8-9-16(2)26(15)27-23(28)22(32-24(27)31)13-17-10-11-20(21(12-17)29-3)30-14-18-6-4-5-7-19(18)25/h4-13H,14H2,1-3H3/b22-13+. The lowest BCUT2D eigenvalue weighted by atomic mass is 10.2. The number of aryl methyl sites for hydroxylation is 2. The van der Waals surface area contributed by atoms with E-state index in [1.807, 2.05) is 79.2 Å². The van der Waals surface area contributed by atoms with Crippen molar-refractivity contribution in [2.24, 2.45) is 0 Å². The Morgan fingerprint density at radius 1 is 1.06 bits per heavy atom. The predicted molar refractivity (Wildman–Crippen MR) is 134 cm³/mol. The third-order valence-corrected chi connectivity index (χ3v) is 6.69. The Bertz CT molecular complexity index is 1220. The van der Waals surface area contributed by atoms with Crippen LogP contribution in [0.2, 0.25) is 5.02 Å². The Balaban J connectivity index is 1.56. The highest BCUT2D eigenvalue weighted by molar-refractivity contribution is 8.27. The van der Waals surface area contributed by atoms with Gasteiger partial charge in [-0.15, -0.1) is 0 Å². The SMILES string of the molecule is COc1cc(/C=C2/SC(=S)N(n3c(C)ccc3C)C2=O)ccc1OCc1ccccc1Cl. The van der Waals surface area contributed by atoms with E-state index in [2.05, 4.69) is 0 Å². The average Bonchev–Trinajstić information content (AvgIpc) is 3.24. The molecule has 0 atom stereocenters. The van der Waals surface area contributed by atoms with E-state index in [9.17, 15) is 4.79 Å². The number of ether oxygens (including phenoxy) is 2. The van der Waals surface area contributed by atoms with Crippen LogP contribution in [0, 0.1) is 13.8 Å². The van der Waals surface area contributed by atoms with Crippen molar-refractivity contribution in [3.05, 3.63) is 87.0 Å². The van der Waals surface area contributed by atoms with E-state index in [0.29, 0.717) is 32.4 Å². The molecule has 1 fully saturated rings. The van der Waals surface area contributed by atoms with Gasteiger partial charge in [-0.05, 0) is 68.0 Å². The molecule has 0 spiro atoms. The van der Waals surface area contributed by atoms with Crippen molar-refractivity contribution in [3.63, 3.8) is 0 Å². The summed E-state index contributed by atoms with van der Waals surface area (Å²) in [7, 11) is 1.58. The van der Waals surface area contributed by atoms with Crippen LogP contribution in [0.4, 0.5) is 0 Å². The molecule has 2 heterocycles. The van der Waals surface area contributed by atoms with Crippen molar-refractivity contribution >= 4 is 51.9 Å². The normalized spacial score (nSPS) is 15.0. The number of aromatic nitrogens is 1. The first-order chi connectivity index (χ1) is 15.4. The summed E-state index contributed by atoms with van der Waals surface area (Å²) in [5.41, 5.74) is 3.59. The zero-order valence-electron chi connectivity index (χ0n) is 17.8. The van der Waals surface area contributed by atoms with E-state index in [1.54, 1.807) is 7.11 Å². The summed E-state index contributed by atoms with van der Waals surface area (Å²) in [6.07, 6.45) is 1.81. The van der Waals surface area contributed by atoms with Gasteiger partial charge in [-0.25, -0.2) is 0 Å². The van der Waals surface area contributed by atoms with E-state index in [1.165, 1.54) is 16.8 Å². The van der Waals surface area contributed by atoms with Gasteiger partial charge in [-0.2, -0.15) is 5.01 Å². The van der Waals surface area contributed by atoms with Crippen LogP contribution >= 0.6 is 35.6 Å². The van der Waals surface area contributed by atoms with Gasteiger partial charge in [-0.1, -0.05) is 47.6 Å². The molecule has 3 aromatic rings. The molecule has 2 aromatic carbocycles. The maximum atomic E-state index is 13.1. The van der Waals surface area contributed by atoms with Gasteiger partial charge in [0.15, 0.2) is 15.8 Å². The van der Waals surface area contributed by atoms with E-state index < -0.39 is 0 Å². The number of nitrogens with zero attached hydrogens (tertiary/aromatic N) is 2. The number of methoxy groups -OCH3 is 1. The topological polar surface area (TPSA) is 43.7 Å². The van der Waals surface area contributed by atoms with Gasteiger partial charge in [0.1, 0.15) is 6.61 Å². The van der Waals surface area contributed by atoms with Gasteiger partial charge >= 0.3 is 0 Å². The second kappa shape index (κ2) is 9.40. The van der Waals surface area contributed by atoms with Crippen LogP contribution in [0.15, 0.2) is 59.5 Å². The van der Waals surface area contributed by atoms with Crippen LogP contribution in [-0.2, 0) is 11.4 Å². The molecule has 1 aromatic heterocycles. The molecule has 4 rings (SSSR count). The number of rotatable bonds is 6. The first kappa shape index (κ1) is 22.5. The van der Waals surface area contributed by atoms with Crippen molar-refractivity contribution < 1.29 is 14.3 Å². The second-order valence-electron chi connectivity index (χ2n) is 7.21. The van der Waals surface area contributed by atoms with Gasteiger partial charge in [-0.3, -0.25) is 9.47 Å². The molecule has 0 saturated carbocycles. The van der Waals surface area contributed by atoms with Crippen molar-refractivity contribution in [1.29, 1.82) is 0 Å². The lowest BCUT2D eigenvalue weighted by molar-refractivity contribution is -0.114. The van der Waals surface area contributed by atoms with E-state index >= 15 is 0 Å². The van der Waals surface area contributed by atoms with E-state index in [0.717, 1.165) is 22.5 Å². The molecule has 0 radical (unpaired) electrons. The summed E-state index contributed by atoms with van der Waals surface area (Å²) in [6, 6.07) is 17.0. The Morgan fingerprint density at radius 2 is 1.78 bits per heavy atom. The molecular weight excluding hydrogens is 464 g/mol. The fourth-order valence-electron chi connectivity index (χ4n) is 3.42. The summed E-state index contributed by atoms with van der Waals surface area (Å²) in [5, 5.41) is 2.19. The number of carbonyl (C=O) groups excluding carboxylic acids is 1. The Morgan fingerprint density at radius 3 is 2.47 bits per heavy atom. The smallest absolute Gasteiger partial charge is 0.285 e. The number of thiocarbonyl (C=S) groups is 1. The van der Waals surface area contributed by atoms with Gasteiger partial charge in [0.05, 0.1) is 12.0 Å². The zero-order chi connectivity index (χ0) is 22.8. The molecule has 0 N–H and O–H groups in total. The first-order valence-corrected chi connectivity index (χ1v) is 11.5. The van der Waals surface area contributed by atoms with Crippen molar-refractivity contribution in [2.45, 2.75) is 20.5 Å².